The number of hydrogen-bond acceptors (Lipinski definition) is 4. The maximum Gasteiger partial charge on any atom is 0.116 e. The van der Waals surface area contributed by atoms with Gasteiger partial charge in [0.15, 0.2) is 0 Å². The SMILES string of the molecule is C=C(Nc1cncc(-c2ccc3[nH]nc(-c4cc5c(-c6ccccn6)cccc5[nH]4)c3c2)c1)c1ccccc1. The van der Waals surface area contributed by atoms with Crippen LogP contribution in [0.15, 0.2) is 122 Å². The summed E-state index contributed by atoms with van der Waals surface area (Å²) in [6.07, 6.45) is 5.50. The van der Waals surface area contributed by atoms with E-state index in [1.54, 1.807) is 0 Å². The maximum absolute atomic E-state index is 4.68. The van der Waals surface area contributed by atoms with Crippen molar-refractivity contribution >= 4 is 33.2 Å². The van der Waals surface area contributed by atoms with Crippen LogP contribution in [0.3, 0.4) is 0 Å². The van der Waals surface area contributed by atoms with E-state index in [0.29, 0.717) is 0 Å². The Balaban J connectivity index is 1.25. The van der Waals surface area contributed by atoms with Crippen LogP contribution in [-0.2, 0) is 0 Å². The lowest BCUT2D eigenvalue weighted by Crippen LogP contribution is -1.98. The van der Waals surface area contributed by atoms with Crippen molar-refractivity contribution in [2.45, 2.75) is 0 Å². The first-order chi connectivity index (χ1) is 19.2. The number of rotatable bonds is 6. The van der Waals surface area contributed by atoms with E-state index in [-0.39, 0.29) is 0 Å². The minimum atomic E-state index is 0.825. The normalized spacial score (nSPS) is 11.2. The Hall–Kier alpha value is -5.49. The fourth-order valence-corrected chi connectivity index (χ4v) is 4.98. The molecule has 4 heterocycles. The Bertz CT molecular complexity index is 1950. The summed E-state index contributed by atoms with van der Waals surface area (Å²) in [4.78, 5) is 12.6. The second kappa shape index (κ2) is 9.43. The number of anilines is 1. The molecule has 39 heavy (non-hydrogen) atoms. The molecule has 6 nitrogen and oxygen atoms in total. The topological polar surface area (TPSA) is 82.3 Å². The van der Waals surface area contributed by atoms with Crippen LogP contribution in [0.2, 0.25) is 0 Å². The molecule has 6 heteroatoms. The first-order valence-electron chi connectivity index (χ1n) is 12.7. The van der Waals surface area contributed by atoms with E-state index in [4.69, 9.17) is 0 Å². The minimum Gasteiger partial charge on any atom is -0.354 e. The number of nitrogens with zero attached hydrogens (tertiary/aromatic N) is 3. The molecule has 7 aromatic rings. The van der Waals surface area contributed by atoms with Crippen molar-refractivity contribution in [2.24, 2.45) is 0 Å². The summed E-state index contributed by atoms with van der Waals surface area (Å²) >= 11 is 0. The fraction of sp³-hybridized carbons (Fsp3) is 0. The van der Waals surface area contributed by atoms with Crippen molar-refractivity contribution in [3.63, 3.8) is 0 Å². The molecular weight excluding hydrogens is 480 g/mol. The fourth-order valence-electron chi connectivity index (χ4n) is 4.98. The number of H-pyrrole nitrogens is 2. The van der Waals surface area contributed by atoms with Gasteiger partial charge in [-0.3, -0.25) is 15.1 Å². The molecule has 0 saturated carbocycles. The molecule has 0 radical (unpaired) electrons. The van der Waals surface area contributed by atoms with Crippen LogP contribution in [0.5, 0.6) is 0 Å². The van der Waals surface area contributed by atoms with Crippen LogP contribution >= 0.6 is 0 Å². The molecule has 3 N–H and O–H groups in total. The maximum atomic E-state index is 4.68. The average Bonchev–Trinajstić information content (AvgIpc) is 3.62. The molecule has 0 aliphatic heterocycles. The molecule has 0 bridgehead atoms. The third-order valence-corrected chi connectivity index (χ3v) is 6.91. The predicted molar refractivity (Wildman–Crippen MR) is 159 cm³/mol. The van der Waals surface area contributed by atoms with Crippen molar-refractivity contribution in [1.82, 2.24) is 25.1 Å². The number of aromatic nitrogens is 5. The Kier molecular flexibility index (Phi) is 5.49. The summed E-state index contributed by atoms with van der Waals surface area (Å²) in [5.74, 6) is 0. The van der Waals surface area contributed by atoms with E-state index < -0.39 is 0 Å². The van der Waals surface area contributed by atoms with Gasteiger partial charge < -0.3 is 10.3 Å². The average molecular weight is 505 g/mol. The lowest BCUT2D eigenvalue weighted by atomic mass is 10.0. The number of nitrogens with one attached hydrogen (secondary N) is 3. The molecule has 4 aromatic heterocycles. The molecule has 0 atom stereocenters. The van der Waals surface area contributed by atoms with E-state index in [2.05, 4.69) is 79.5 Å². The molecule has 0 spiro atoms. The largest absolute Gasteiger partial charge is 0.354 e. The first-order valence-corrected chi connectivity index (χ1v) is 12.7. The van der Waals surface area contributed by atoms with Gasteiger partial charge in [0.1, 0.15) is 5.69 Å². The standard InChI is InChI=1S/C33H24N6/c1-21(22-8-3-2-4-9-22)36-25-16-24(19-34-20-25)23-13-14-31-28(17-23)33(39-38-31)32-18-27-26(10-7-12-30(27)37-32)29-11-5-6-15-35-29/h2-20,36-37H,1H2,(H,38,39). The summed E-state index contributed by atoms with van der Waals surface area (Å²) in [6.45, 7) is 4.19. The summed E-state index contributed by atoms with van der Waals surface area (Å²) in [5.41, 5.74) is 10.7. The van der Waals surface area contributed by atoms with Gasteiger partial charge in [-0.05, 0) is 53.6 Å². The lowest BCUT2D eigenvalue weighted by molar-refractivity contribution is 1.12. The Morgan fingerprint density at radius 3 is 2.51 bits per heavy atom. The Labute approximate surface area is 225 Å². The van der Waals surface area contributed by atoms with Gasteiger partial charge in [0, 0.05) is 45.5 Å². The van der Waals surface area contributed by atoms with Gasteiger partial charge in [-0.15, -0.1) is 0 Å². The van der Waals surface area contributed by atoms with Gasteiger partial charge >= 0.3 is 0 Å². The van der Waals surface area contributed by atoms with E-state index in [1.165, 1.54) is 0 Å². The van der Waals surface area contributed by atoms with E-state index in [1.807, 2.05) is 73.2 Å². The molecule has 0 saturated heterocycles. The zero-order chi connectivity index (χ0) is 26.2. The highest BCUT2D eigenvalue weighted by Gasteiger charge is 2.15. The molecule has 0 aliphatic rings. The van der Waals surface area contributed by atoms with Crippen molar-refractivity contribution in [1.29, 1.82) is 0 Å². The first kappa shape index (κ1) is 22.7. The Morgan fingerprint density at radius 1 is 0.744 bits per heavy atom. The van der Waals surface area contributed by atoms with Gasteiger partial charge in [-0.2, -0.15) is 5.10 Å². The van der Waals surface area contributed by atoms with Gasteiger partial charge in [0.2, 0.25) is 0 Å². The van der Waals surface area contributed by atoms with E-state index >= 15 is 0 Å². The predicted octanol–water partition coefficient (Wildman–Crippen LogP) is 7.92. The van der Waals surface area contributed by atoms with Gasteiger partial charge in [-0.25, -0.2) is 0 Å². The molecule has 186 valence electrons. The zero-order valence-corrected chi connectivity index (χ0v) is 21.0. The van der Waals surface area contributed by atoms with Crippen molar-refractivity contribution < 1.29 is 0 Å². The lowest BCUT2D eigenvalue weighted by Gasteiger charge is -2.11. The summed E-state index contributed by atoms with van der Waals surface area (Å²) < 4.78 is 0. The van der Waals surface area contributed by atoms with Crippen LogP contribution in [0.25, 0.3) is 61.3 Å². The number of benzene rings is 3. The van der Waals surface area contributed by atoms with E-state index in [9.17, 15) is 0 Å². The second-order valence-corrected chi connectivity index (χ2v) is 9.43. The van der Waals surface area contributed by atoms with Gasteiger partial charge in [0.25, 0.3) is 0 Å². The van der Waals surface area contributed by atoms with Crippen molar-refractivity contribution in [3.05, 3.63) is 128 Å². The number of hydrogen-bond donors (Lipinski definition) is 3. The molecule has 0 amide bonds. The molecule has 7 rings (SSSR count). The van der Waals surface area contributed by atoms with Crippen LogP contribution < -0.4 is 5.32 Å². The van der Waals surface area contributed by atoms with Crippen LogP contribution in [0.4, 0.5) is 5.69 Å². The second-order valence-electron chi connectivity index (χ2n) is 9.43. The molecular formula is C33H24N6. The quantitative estimate of drug-likeness (QED) is 0.215. The number of fused-ring (bicyclic) bond motifs is 2. The third kappa shape index (κ3) is 4.24. The highest BCUT2D eigenvalue weighted by atomic mass is 15.1. The number of aromatic amines is 2. The van der Waals surface area contributed by atoms with Gasteiger partial charge in [-0.1, -0.05) is 61.2 Å². The molecule has 0 aliphatic carbocycles. The smallest absolute Gasteiger partial charge is 0.116 e. The summed E-state index contributed by atoms with van der Waals surface area (Å²) in [5, 5.41) is 13.4. The zero-order valence-electron chi connectivity index (χ0n) is 21.0. The molecule has 0 unspecified atom stereocenters. The third-order valence-electron chi connectivity index (χ3n) is 6.91. The van der Waals surface area contributed by atoms with Crippen LogP contribution in [0.1, 0.15) is 5.56 Å². The van der Waals surface area contributed by atoms with E-state index in [0.717, 1.165) is 72.5 Å². The molecule has 3 aromatic carbocycles. The summed E-state index contributed by atoms with van der Waals surface area (Å²) in [7, 11) is 0. The monoisotopic (exact) mass is 504 g/mol. The van der Waals surface area contributed by atoms with Crippen LogP contribution in [0, 0.1) is 0 Å². The van der Waals surface area contributed by atoms with Crippen molar-refractivity contribution in [2.75, 3.05) is 5.32 Å². The van der Waals surface area contributed by atoms with Crippen molar-refractivity contribution in [3.8, 4) is 33.8 Å². The summed E-state index contributed by atoms with van der Waals surface area (Å²) in [6, 6.07) is 32.8. The molecule has 0 fully saturated rings. The minimum absolute atomic E-state index is 0.825. The highest BCUT2D eigenvalue weighted by Crippen LogP contribution is 2.35. The van der Waals surface area contributed by atoms with Gasteiger partial charge in [0.05, 0.1) is 28.8 Å². The number of pyridine rings is 2. The Morgan fingerprint density at radius 2 is 1.64 bits per heavy atom. The highest BCUT2D eigenvalue weighted by molar-refractivity contribution is 6.01. The van der Waals surface area contributed by atoms with Crippen LogP contribution in [-0.4, -0.2) is 25.1 Å².